The van der Waals surface area contributed by atoms with Gasteiger partial charge < -0.3 is 10.4 Å². The van der Waals surface area contributed by atoms with E-state index in [2.05, 4.69) is 17.2 Å². The lowest BCUT2D eigenvalue weighted by Crippen LogP contribution is -2.20. The van der Waals surface area contributed by atoms with Crippen molar-refractivity contribution in [2.24, 2.45) is 0 Å². The van der Waals surface area contributed by atoms with Gasteiger partial charge in [0.15, 0.2) is 0 Å². The van der Waals surface area contributed by atoms with Gasteiger partial charge >= 0.3 is 0 Å². The molecule has 0 fully saturated rings. The third kappa shape index (κ3) is 4.01. The van der Waals surface area contributed by atoms with Crippen LogP contribution in [0.25, 0.3) is 11.3 Å². The molecule has 1 aromatic carbocycles. The van der Waals surface area contributed by atoms with Crippen LogP contribution in [0.3, 0.4) is 0 Å². The van der Waals surface area contributed by atoms with Gasteiger partial charge in [0, 0.05) is 35.0 Å². The van der Waals surface area contributed by atoms with Gasteiger partial charge in [-0.25, -0.2) is 4.98 Å². The summed E-state index contributed by atoms with van der Waals surface area (Å²) in [5, 5.41) is 13.7. The largest absolute Gasteiger partial charge is 0.395 e. The smallest absolute Gasteiger partial charge is 0.0948 e. The summed E-state index contributed by atoms with van der Waals surface area (Å²) < 4.78 is 0. The highest BCUT2D eigenvalue weighted by Gasteiger charge is 2.09. The van der Waals surface area contributed by atoms with Gasteiger partial charge in [0.2, 0.25) is 0 Å². The zero-order valence-corrected chi connectivity index (χ0v) is 12.4. The maximum absolute atomic E-state index is 8.70. The van der Waals surface area contributed by atoms with Crippen molar-refractivity contribution in [3.63, 3.8) is 0 Å². The van der Waals surface area contributed by atoms with Crippen LogP contribution in [0.5, 0.6) is 0 Å². The van der Waals surface area contributed by atoms with Crippen LogP contribution in [-0.2, 0) is 6.42 Å². The highest BCUT2D eigenvalue weighted by atomic mass is 35.5. The van der Waals surface area contributed by atoms with Crippen molar-refractivity contribution >= 4 is 22.9 Å². The molecule has 0 amide bonds. The van der Waals surface area contributed by atoms with Crippen molar-refractivity contribution in [3.8, 4) is 11.3 Å². The van der Waals surface area contributed by atoms with Crippen LogP contribution in [0.15, 0.2) is 24.3 Å². The van der Waals surface area contributed by atoms with Crippen LogP contribution < -0.4 is 5.32 Å². The molecule has 0 saturated heterocycles. The quantitative estimate of drug-likeness (QED) is 0.806. The van der Waals surface area contributed by atoms with Gasteiger partial charge in [0.25, 0.3) is 0 Å². The van der Waals surface area contributed by atoms with E-state index in [1.807, 2.05) is 24.3 Å². The van der Waals surface area contributed by atoms with Crippen LogP contribution >= 0.6 is 22.9 Å². The molecule has 2 aromatic rings. The van der Waals surface area contributed by atoms with Crippen LogP contribution in [0, 0.1) is 6.92 Å². The fourth-order valence-corrected chi connectivity index (χ4v) is 2.91. The molecule has 0 saturated carbocycles. The summed E-state index contributed by atoms with van der Waals surface area (Å²) in [5.74, 6) is 0. The van der Waals surface area contributed by atoms with Crippen molar-refractivity contribution in [2.45, 2.75) is 13.3 Å². The number of aryl methyl sites for hydroxylation is 1. The van der Waals surface area contributed by atoms with Crippen molar-refractivity contribution < 1.29 is 5.11 Å². The lowest BCUT2D eigenvalue weighted by molar-refractivity contribution is 0.293. The van der Waals surface area contributed by atoms with Crippen LogP contribution in [0.2, 0.25) is 5.02 Å². The Labute approximate surface area is 122 Å². The molecular formula is C14H17ClN2OS. The van der Waals surface area contributed by atoms with Gasteiger partial charge in [-0.2, -0.15) is 0 Å². The summed E-state index contributed by atoms with van der Waals surface area (Å²) >= 11 is 7.62. The summed E-state index contributed by atoms with van der Waals surface area (Å²) in [6, 6.07) is 7.77. The predicted octanol–water partition coefficient (Wildman–Crippen LogP) is 2.90. The Balaban J connectivity index is 2.06. The van der Waals surface area contributed by atoms with Gasteiger partial charge in [-0.3, -0.25) is 0 Å². The Bertz CT molecular complexity index is 525. The molecule has 102 valence electrons. The second kappa shape index (κ2) is 7.01. The minimum Gasteiger partial charge on any atom is -0.395 e. The standard InChI is InChI=1S/C14H17ClN2OS/c1-10-14(11-2-4-12(15)5-3-11)17-13(19-10)6-7-16-8-9-18/h2-5,16,18H,6-9H2,1H3. The van der Waals surface area contributed by atoms with Crippen LogP contribution in [0.4, 0.5) is 0 Å². The number of rotatable bonds is 6. The number of aliphatic hydroxyl groups is 1. The lowest BCUT2D eigenvalue weighted by Gasteiger charge is -1.99. The molecule has 0 spiro atoms. The molecule has 0 atom stereocenters. The van der Waals surface area contributed by atoms with Crippen molar-refractivity contribution in [1.29, 1.82) is 0 Å². The number of benzene rings is 1. The SMILES string of the molecule is Cc1sc(CCNCCO)nc1-c1ccc(Cl)cc1. The van der Waals surface area contributed by atoms with E-state index >= 15 is 0 Å². The maximum Gasteiger partial charge on any atom is 0.0948 e. The molecule has 3 nitrogen and oxygen atoms in total. The maximum atomic E-state index is 8.70. The highest BCUT2D eigenvalue weighted by Crippen LogP contribution is 2.28. The van der Waals surface area contributed by atoms with Crippen molar-refractivity contribution in [1.82, 2.24) is 10.3 Å². The highest BCUT2D eigenvalue weighted by molar-refractivity contribution is 7.12. The van der Waals surface area contributed by atoms with Gasteiger partial charge in [0.05, 0.1) is 17.3 Å². The lowest BCUT2D eigenvalue weighted by atomic mass is 10.1. The Morgan fingerprint density at radius 1 is 1.26 bits per heavy atom. The van der Waals surface area contributed by atoms with Crippen LogP contribution in [-0.4, -0.2) is 29.8 Å². The Hall–Kier alpha value is -0.940. The molecule has 2 N–H and O–H groups in total. The number of nitrogens with one attached hydrogen (secondary N) is 1. The fourth-order valence-electron chi connectivity index (χ4n) is 1.83. The number of hydrogen-bond acceptors (Lipinski definition) is 4. The fraction of sp³-hybridized carbons (Fsp3) is 0.357. The molecule has 0 aliphatic carbocycles. The van der Waals surface area contributed by atoms with E-state index in [0.29, 0.717) is 6.54 Å². The normalized spacial score (nSPS) is 10.9. The Kier molecular flexibility index (Phi) is 5.34. The molecule has 0 unspecified atom stereocenters. The minimum absolute atomic E-state index is 0.174. The molecule has 1 heterocycles. The van der Waals surface area contributed by atoms with Gasteiger partial charge in [-0.05, 0) is 19.1 Å². The number of aliphatic hydroxyl groups excluding tert-OH is 1. The number of thiazole rings is 1. The van der Waals surface area contributed by atoms with E-state index in [4.69, 9.17) is 16.7 Å². The monoisotopic (exact) mass is 296 g/mol. The number of hydrogen-bond donors (Lipinski definition) is 2. The minimum atomic E-state index is 0.174. The van der Waals surface area contributed by atoms with E-state index < -0.39 is 0 Å². The summed E-state index contributed by atoms with van der Waals surface area (Å²) in [4.78, 5) is 5.90. The van der Waals surface area contributed by atoms with Crippen molar-refractivity contribution in [3.05, 3.63) is 39.2 Å². The van der Waals surface area contributed by atoms with E-state index in [1.54, 1.807) is 11.3 Å². The van der Waals surface area contributed by atoms with Crippen molar-refractivity contribution in [2.75, 3.05) is 19.7 Å². The van der Waals surface area contributed by atoms with Gasteiger partial charge in [-0.15, -0.1) is 11.3 Å². The second-order valence-corrected chi connectivity index (χ2v) is 5.97. The first-order chi connectivity index (χ1) is 9.20. The summed E-state index contributed by atoms with van der Waals surface area (Å²) in [5.41, 5.74) is 2.14. The number of nitrogens with zero attached hydrogens (tertiary/aromatic N) is 1. The molecule has 2 rings (SSSR count). The van der Waals surface area contributed by atoms with Crippen LogP contribution in [0.1, 0.15) is 9.88 Å². The number of aromatic nitrogens is 1. The Morgan fingerprint density at radius 2 is 2.00 bits per heavy atom. The average molecular weight is 297 g/mol. The third-order valence-corrected chi connectivity index (χ3v) is 4.05. The predicted molar refractivity (Wildman–Crippen MR) is 81.0 cm³/mol. The van der Waals surface area contributed by atoms with E-state index in [-0.39, 0.29) is 6.61 Å². The molecule has 0 radical (unpaired) electrons. The summed E-state index contributed by atoms with van der Waals surface area (Å²) in [7, 11) is 0. The first-order valence-electron chi connectivity index (χ1n) is 6.24. The molecular weight excluding hydrogens is 280 g/mol. The third-order valence-electron chi connectivity index (χ3n) is 2.76. The second-order valence-electron chi connectivity index (χ2n) is 4.24. The first-order valence-corrected chi connectivity index (χ1v) is 7.44. The Morgan fingerprint density at radius 3 is 2.68 bits per heavy atom. The van der Waals surface area contributed by atoms with E-state index in [1.165, 1.54) is 4.88 Å². The summed E-state index contributed by atoms with van der Waals surface area (Å²) in [6.07, 6.45) is 0.888. The van der Waals surface area contributed by atoms with Gasteiger partial charge in [-0.1, -0.05) is 23.7 Å². The zero-order valence-electron chi connectivity index (χ0n) is 10.8. The number of halogens is 1. The molecule has 1 aromatic heterocycles. The topological polar surface area (TPSA) is 45.1 Å². The molecule has 0 aliphatic rings. The molecule has 19 heavy (non-hydrogen) atoms. The average Bonchev–Trinajstić information content (AvgIpc) is 2.77. The summed E-state index contributed by atoms with van der Waals surface area (Å²) in [6.45, 7) is 3.74. The zero-order chi connectivity index (χ0) is 13.7. The van der Waals surface area contributed by atoms with E-state index in [0.717, 1.165) is 34.3 Å². The van der Waals surface area contributed by atoms with Gasteiger partial charge in [0.1, 0.15) is 0 Å². The first kappa shape index (κ1) is 14.5. The van der Waals surface area contributed by atoms with E-state index in [9.17, 15) is 0 Å². The molecule has 0 aliphatic heterocycles. The molecule has 0 bridgehead atoms. The molecule has 5 heteroatoms.